The summed E-state index contributed by atoms with van der Waals surface area (Å²) >= 11 is 0. The van der Waals surface area contributed by atoms with Gasteiger partial charge >= 0.3 is 5.97 Å². The third-order valence-electron chi connectivity index (χ3n) is 3.13. The molecule has 1 heterocycles. The van der Waals surface area contributed by atoms with Crippen molar-refractivity contribution in [2.24, 2.45) is 5.92 Å². The minimum Gasteiger partial charge on any atom is -0.465 e. The van der Waals surface area contributed by atoms with Crippen LogP contribution < -0.4 is 5.32 Å². The van der Waals surface area contributed by atoms with Gasteiger partial charge in [-0.15, -0.1) is 12.4 Å². The van der Waals surface area contributed by atoms with Crippen molar-refractivity contribution in [3.63, 3.8) is 0 Å². The highest BCUT2D eigenvalue weighted by atomic mass is 35.5. The van der Waals surface area contributed by atoms with E-state index in [1.807, 2.05) is 30.3 Å². The minimum atomic E-state index is -0.116. The molecule has 0 radical (unpaired) electrons. The molecule has 0 aromatic heterocycles. The Bertz CT molecular complexity index is 350. The maximum atomic E-state index is 11.6. The number of carbonyl (C=O) groups is 1. The van der Waals surface area contributed by atoms with Crippen LogP contribution in [0.15, 0.2) is 30.3 Å². The van der Waals surface area contributed by atoms with Crippen LogP contribution in [0.4, 0.5) is 0 Å². The number of piperidine rings is 1. The second-order valence-corrected chi connectivity index (χ2v) is 4.54. The first-order chi connectivity index (χ1) is 8.34. The SMILES string of the molecule is Cl.O=C(Cc1ccccc1)OCC1CCNCC1. The van der Waals surface area contributed by atoms with E-state index in [2.05, 4.69) is 5.32 Å². The molecule has 1 aliphatic rings. The molecule has 0 aliphatic carbocycles. The molecule has 0 bridgehead atoms. The number of nitrogens with one attached hydrogen (secondary N) is 1. The number of halogens is 1. The fourth-order valence-corrected chi connectivity index (χ4v) is 2.07. The van der Waals surface area contributed by atoms with Crippen LogP contribution in [0.1, 0.15) is 18.4 Å². The molecule has 1 fully saturated rings. The zero-order valence-corrected chi connectivity index (χ0v) is 11.2. The Kier molecular flexibility index (Phi) is 6.76. The third kappa shape index (κ3) is 5.07. The number of hydrogen-bond acceptors (Lipinski definition) is 3. The molecule has 0 saturated carbocycles. The zero-order chi connectivity index (χ0) is 11.9. The average molecular weight is 270 g/mol. The van der Waals surface area contributed by atoms with Gasteiger partial charge in [0.15, 0.2) is 0 Å². The van der Waals surface area contributed by atoms with Crippen LogP contribution in [0.2, 0.25) is 0 Å². The van der Waals surface area contributed by atoms with Crippen molar-refractivity contribution in [2.75, 3.05) is 19.7 Å². The summed E-state index contributed by atoms with van der Waals surface area (Å²) in [5.41, 5.74) is 1.02. The number of carbonyl (C=O) groups excluding carboxylic acids is 1. The minimum absolute atomic E-state index is 0. The van der Waals surface area contributed by atoms with Gasteiger partial charge < -0.3 is 10.1 Å². The molecule has 18 heavy (non-hydrogen) atoms. The van der Waals surface area contributed by atoms with Gasteiger partial charge in [0.2, 0.25) is 0 Å². The van der Waals surface area contributed by atoms with Crippen LogP contribution in [0.5, 0.6) is 0 Å². The molecule has 4 heteroatoms. The van der Waals surface area contributed by atoms with E-state index in [1.165, 1.54) is 0 Å². The predicted octanol–water partition coefficient (Wildman–Crippen LogP) is 2.19. The largest absolute Gasteiger partial charge is 0.465 e. The van der Waals surface area contributed by atoms with Crippen molar-refractivity contribution < 1.29 is 9.53 Å². The average Bonchev–Trinajstić information content (AvgIpc) is 2.39. The topological polar surface area (TPSA) is 38.3 Å². The summed E-state index contributed by atoms with van der Waals surface area (Å²) in [6.07, 6.45) is 2.60. The second kappa shape index (κ2) is 8.11. The number of rotatable bonds is 4. The van der Waals surface area contributed by atoms with E-state index in [-0.39, 0.29) is 18.4 Å². The summed E-state index contributed by atoms with van der Waals surface area (Å²) < 4.78 is 5.32. The molecule has 1 N–H and O–H groups in total. The second-order valence-electron chi connectivity index (χ2n) is 4.54. The third-order valence-corrected chi connectivity index (χ3v) is 3.13. The Morgan fingerprint density at radius 3 is 2.56 bits per heavy atom. The maximum Gasteiger partial charge on any atom is 0.310 e. The van der Waals surface area contributed by atoms with Crippen molar-refractivity contribution in [3.05, 3.63) is 35.9 Å². The van der Waals surface area contributed by atoms with E-state index in [4.69, 9.17) is 4.74 Å². The Hall–Kier alpha value is -1.06. The van der Waals surface area contributed by atoms with Crippen LogP contribution in [0.3, 0.4) is 0 Å². The van der Waals surface area contributed by atoms with Gasteiger partial charge in [0.1, 0.15) is 0 Å². The Labute approximate surface area is 114 Å². The van der Waals surface area contributed by atoms with Gasteiger partial charge in [-0.2, -0.15) is 0 Å². The number of benzene rings is 1. The van der Waals surface area contributed by atoms with E-state index in [0.29, 0.717) is 18.9 Å². The maximum absolute atomic E-state index is 11.6. The molecule has 0 atom stereocenters. The lowest BCUT2D eigenvalue weighted by atomic mass is 9.99. The first kappa shape index (κ1) is 15.0. The van der Waals surface area contributed by atoms with Gasteiger partial charge in [0.05, 0.1) is 13.0 Å². The summed E-state index contributed by atoms with van der Waals surface area (Å²) in [6, 6.07) is 9.73. The summed E-state index contributed by atoms with van der Waals surface area (Å²) in [5.74, 6) is 0.422. The summed E-state index contributed by atoms with van der Waals surface area (Å²) in [7, 11) is 0. The van der Waals surface area contributed by atoms with Crippen LogP contribution >= 0.6 is 12.4 Å². The zero-order valence-electron chi connectivity index (χ0n) is 10.4. The number of ether oxygens (including phenoxy) is 1. The standard InChI is InChI=1S/C14H19NO2.ClH/c16-14(10-12-4-2-1-3-5-12)17-11-13-6-8-15-9-7-13;/h1-5,13,15H,6-11H2;1H. The molecule has 1 saturated heterocycles. The van der Waals surface area contributed by atoms with E-state index < -0.39 is 0 Å². The first-order valence-corrected chi connectivity index (χ1v) is 6.25. The highest BCUT2D eigenvalue weighted by Gasteiger charge is 2.15. The molecular weight excluding hydrogens is 250 g/mol. The monoisotopic (exact) mass is 269 g/mol. The molecule has 0 unspecified atom stereocenters. The lowest BCUT2D eigenvalue weighted by Crippen LogP contribution is -2.30. The first-order valence-electron chi connectivity index (χ1n) is 6.25. The lowest BCUT2D eigenvalue weighted by Gasteiger charge is -2.22. The van der Waals surface area contributed by atoms with Gasteiger partial charge in [0.25, 0.3) is 0 Å². The molecule has 3 nitrogen and oxygen atoms in total. The van der Waals surface area contributed by atoms with Gasteiger partial charge in [-0.25, -0.2) is 0 Å². The predicted molar refractivity (Wildman–Crippen MR) is 73.9 cm³/mol. The van der Waals surface area contributed by atoms with E-state index in [0.717, 1.165) is 31.5 Å². The molecule has 2 rings (SSSR count). The molecular formula is C14H20ClNO2. The van der Waals surface area contributed by atoms with Crippen molar-refractivity contribution in [2.45, 2.75) is 19.3 Å². The quantitative estimate of drug-likeness (QED) is 0.852. The van der Waals surface area contributed by atoms with Gasteiger partial charge in [0, 0.05) is 0 Å². The lowest BCUT2D eigenvalue weighted by molar-refractivity contribution is -0.144. The summed E-state index contributed by atoms with van der Waals surface area (Å²) in [4.78, 5) is 11.6. The molecule has 1 aromatic carbocycles. The smallest absolute Gasteiger partial charge is 0.310 e. The van der Waals surface area contributed by atoms with Crippen LogP contribution in [0.25, 0.3) is 0 Å². The van der Waals surface area contributed by atoms with Gasteiger partial charge in [-0.05, 0) is 37.4 Å². The summed E-state index contributed by atoms with van der Waals surface area (Å²) in [5, 5.41) is 3.30. The van der Waals surface area contributed by atoms with Crippen molar-refractivity contribution >= 4 is 18.4 Å². The Morgan fingerprint density at radius 2 is 1.89 bits per heavy atom. The van der Waals surface area contributed by atoms with Gasteiger partial charge in [-0.1, -0.05) is 30.3 Å². The van der Waals surface area contributed by atoms with E-state index in [9.17, 15) is 4.79 Å². The van der Waals surface area contributed by atoms with Crippen LogP contribution in [-0.4, -0.2) is 25.7 Å². The number of esters is 1. The highest BCUT2D eigenvalue weighted by Crippen LogP contribution is 2.12. The molecule has 1 aromatic rings. The molecule has 1 aliphatic heterocycles. The van der Waals surface area contributed by atoms with Crippen LogP contribution in [0, 0.1) is 5.92 Å². The summed E-state index contributed by atoms with van der Waals surface area (Å²) in [6.45, 7) is 2.66. The Morgan fingerprint density at radius 1 is 1.22 bits per heavy atom. The van der Waals surface area contributed by atoms with Crippen LogP contribution in [-0.2, 0) is 16.0 Å². The fourth-order valence-electron chi connectivity index (χ4n) is 2.07. The number of hydrogen-bond donors (Lipinski definition) is 1. The molecule has 0 spiro atoms. The molecule has 100 valence electrons. The Balaban J connectivity index is 0.00000162. The van der Waals surface area contributed by atoms with Crippen molar-refractivity contribution in [1.82, 2.24) is 5.32 Å². The van der Waals surface area contributed by atoms with Gasteiger partial charge in [-0.3, -0.25) is 4.79 Å². The highest BCUT2D eigenvalue weighted by molar-refractivity contribution is 5.85. The van der Waals surface area contributed by atoms with E-state index in [1.54, 1.807) is 0 Å². The van der Waals surface area contributed by atoms with E-state index >= 15 is 0 Å². The van der Waals surface area contributed by atoms with Crippen molar-refractivity contribution in [3.8, 4) is 0 Å². The normalized spacial score (nSPS) is 15.8. The molecule has 0 amide bonds. The fraction of sp³-hybridized carbons (Fsp3) is 0.500. The van der Waals surface area contributed by atoms with Crippen molar-refractivity contribution in [1.29, 1.82) is 0 Å².